The zero-order valence-electron chi connectivity index (χ0n) is 19.6. The molecule has 2 aliphatic rings. The highest BCUT2D eigenvalue weighted by atomic mass is 19.1. The summed E-state index contributed by atoms with van der Waals surface area (Å²) in [6.07, 6.45) is 0.202. The smallest absolute Gasteiger partial charge is 0.243 e. The molecule has 3 atom stereocenters. The topological polar surface area (TPSA) is 114 Å². The molecular weight excluding hydrogens is 468 g/mol. The first kappa shape index (κ1) is 24.1. The second kappa shape index (κ2) is 10.1. The van der Waals surface area contributed by atoms with E-state index in [0.717, 1.165) is 18.4 Å². The monoisotopic (exact) mass is 495 g/mol. The molecule has 0 spiro atoms. The van der Waals surface area contributed by atoms with Crippen molar-refractivity contribution < 1.29 is 22.8 Å². The van der Waals surface area contributed by atoms with Crippen molar-refractivity contribution in [3.63, 3.8) is 0 Å². The van der Waals surface area contributed by atoms with E-state index in [1.807, 2.05) is 36.4 Å². The standard InChI is InChI=1S/C26H27F2N5O3/c27-18-11-21(33(14-18)24(34)12-22-31-32-23(13-29)36-22)26(35)30-25(16-4-2-1-3-5-16)17-8-9-19(15-6-7-15)20(28)10-17/h1-5,8-10,15,18,21,25H,6-7,11-14,29H2,(H,30,35). The van der Waals surface area contributed by atoms with Crippen molar-refractivity contribution in [2.24, 2.45) is 5.73 Å². The van der Waals surface area contributed by atoms with Crippen LogP contribution in [-0.4, -0.2) is 45.7 Å². The molecule has 188 valence electrons. The second-order valence-electron chi connectivity index (χ2n) is 9.27. The quantitative estimate of drug-likeness (QED) is 0.497. The summed E-state index contributed by atoms with van der Waals surface area (Å²) < 4.78 is 34.6. The number of aromatic nitrogens is 2. The van der Waals surface area contributed by atoms with Crippen LogP contribution in [0.1, 0.15) is 59.7 Å². The van der Waals surface area contributed by atoms with Crippen molar-refractivity contribution in [3.05, 3.63) is 82.8 Å². The van der Waals surface area contributed by atoms with Crippen LogP contribution in [0.4, 0.5) is 8.78 Å². The van der Waals surface area contributed by atoms with Crippen molar-refractivity contribution in [1.29, 1.82) is 0 Å². The Labute approximate surface area is 206 Å². The van der Waals surface area contributed by atoms with Gasteiger partial charge in [-0.05, 0) is 41.5 Å². The predicted molar refractivity (Wildman–Crippen MR) is 126 cm³/mol. The van der Waals surface area contributed by atoms with E-state index >= 15 is 0 Å². The van der Waals surface area contributed by atoms with Crippen molar-refractivity contribution in [1.82, 2.24) is 20.4 Å². The average molecular weight is 496 g/mol. The first-order chi connectivity index (χ1) is 17.4. The summed E-state index contributed by atoms with van der Waals surface area (Å²) >= 11 is 0. The number of hydrogen-bond acceptors (Lipinski definition) is 6. The lowest BCUT2D eigenvalue weighted by Crippen LogP contribution is -2.47. The van der Waals surface area contributed by atoms with Crippen LogP contribution in [0.5, 0.6) is 0 Å². The lowest BCUT2D eigenvalue weighted by molar-refractivity contribution is -0.138. The van der Waals surface area contributed by atoms with E-state index in [0.29, 0.717) is 11.1 Å². The summed E-state index contributed by atoms with van der Waals surface area (Å²) in [5.74, 6) is -0.833. The first-order valence-corrected chi connectivity index (χ1v) is 12.0. The van der Waals surface area contributed by atoms with Crippen molar-refractivity contribution in [3.8, 4) is 0 Å². The number of nitrogens with zero attached hydrogens (tertiary/aromatic N) is 3. The predicted octanol–water partition coefficient (Wildman–Crippen LogP) is 2.93. The second-order valence-corrected chi connectivity index (χ2v) is 9.27. The van der Waals surface area contributed by atoms with Gasteiger partial charge in [-0.2, -0.15) is 0 Å². The molecule has 0 bridgehead atoms. The van der Waals surface area contributed by atoms with E-state index in [2.05, 4.69) is 15.5 Å². The third kappa shape index (κ3) is 5.13. The van der Waals surface area contributed by atoms with Crippen LogP contribution in [0, 0.1) is 5.82 Å². The molecule has 1 aromatic heterocycles. The molecule has 1 saturated heterocycles. The molecule has 5 rings (SSSR count). The SMILES string of the molecule is NCc1nnc(CC(=O)N2CC(F)CC2C(=O)NC(c2ccccc2)c2ccc(C3CC3)c(F)c2)o1. The van der Waals surface area contributed by atoms with E-state index in [1.54, 1.807) is 6.07 Å². The highest BCUT2D eigenvalue weighted by Gasteiger charge is 2.41. The summed E-state index contributed by atoms with van der Waals surface area (Å²) in [6, 6.07) is 12.5. The Bertz CT molecular complexity index is 1250. The minimum absolute atomic E-state index is 0.0333. The van der Waals surface area contributed by atoms with Gasteiger partial charge in [-0.1, -0.05) is 42.5 Å². The minimum atomic E-state index is -1.35. The molecular formula is C26H27F2N5O3. The number of benzene rings is 2. The summed E-state index contributed by atoms with van der Waals surface area (Å²) in [4.78, 5) is 27.5. The molecule has 1 saturated carbocycles. The molecule has 1 aliphatic carbocycles. The molecule has 3 N–H and O–H groups in total. The number of nitrogens with two attached hydrogens (primary N) is 1. The molecule has 2 fully saturated rings. The van der Waals surface area contributed by atoms with Crippen molar-refractivity contribution in [2.45, 2.75) is 56.4 Å². The van der Waals surface area contributed by atoms with Gasteiger partial charge >= 0.3 is 0 Å². The van der Waals surface area contributed by atoms with E-state index in [1.165, 1.54) is 11.0 Å². The number of carbonyl (C=O) groups excluding carboxylic acids is 2. The van der Waals surface area contributed by atoms with Gasteiger partial charge in [0.25, 0.3) is 0 Å². The number of likely N-dealkylation sites (tertiary alicyclic amines) is 1. The Balaban J connectivity index is 1.36. The number of amides is 2. The molecule has 10 heteroatoms. The molecule has 3 unspecified atom stereocenters. The lowest BCUT2D eigenvalue weighted by Gasteiger charge is -2.27. The van der Waals surface area contributed by atoms with Crippen LogP contribution in [0.2, 0.25) is 0 Å². The van der Waals surface area contributed by atoms with Gasteiger partial charge in [0.05, 0.1) is 19.1 Å². The van der Waals surface area contributed by atoms with E-state index in [4.69, 9.17) is 10.2 Å². The highest BCUT2D eigenvalue weighted by molar-refractivity contribution is 5.89. The molecule has 3 aromatic rings. The van der Waals surface area contributed by atoms with E-state index in [9.17, 15) is 18.4 Å². The maximum absolute atomic E-state index is 14.9. The van der Waals surface area contributed by atoms with Gasteiger partial charge in [-0.3, -0.25) is 9.59 Å². The Morgan fingerprint density at radius 3 is 2.53 bits per heavy atom. The zero-order valence-corrected chi connectivity index (χ0v) is 19.6. The number of alkyl halides is 1. The molecule has 2 aromatic carbocycles. The Morgan fingerprint density at radius 1 is 1.11 bits per heavy atom. The van der Waals surface area contributed by atoms with E-state index < -0.39 is 30.1 Å². The van der Waals surface area contributed by atoms with Gasteiger partial charge in [0.15, 0.2) is 0 Å². The van der Waals surface area contributed by atoms with Gasteiger partial charge < -0.3 is 20.4 Å². The molecule has 2 amide bonds. The fraction of sp³-hybridized carbons (Fsp3) is 0.385. The summed E-state index contributed by atoms with van der Waals surface area (Å²) in [5.41, 5.74) is 7.46. The Morgan fingerprint density at radius 2 is 1.86 bits per heavy atom. The van der Waals surface area contributed by atoms with Crippen LogP contribution >= 0.6 is 0 Å². The molecule has 2 heterocycles. The maximum Gasteiger partial charge on any atom is 0.243 e. The van der Waals surface area contributed by atoms with Crippen LogP contribution in [0.3, 0.4) is 0 Å². The van der Waals surface area contributed by atoms with Gasteiger partial charge in [-0.15, -0.1) is 10.2 Å². The molecule has 36 heavy (non-hydrogen) atoms. The highest BCUT2D eigenvalue weighted by Crippen LogP contribution is 2.42. The molecule has 8 nitrogen and oxygen atoms in total. The number of rotatable bonds is 8. The van der Waals surface area contributed by atoms with Crippen LogP contribution < -0.4 is 11.1 Å². The zero-order chi connectivity index (χ0) is 25.2. The van der Waals surface area contributed by atoms with Gasteiger partial charge in [0.2, 0.25) is 23.6 Å². The number of nitrogens with one attached hydrogen (secondary N) is 1. The van der Waals surface area contributed by atoms with E-state index in [-0.39, 0.29) is 49.4 Å². The average Bonchev–Trinajstić information content (AvgIpc) is 3.49. The lowest BCUT2D eigenvalue weighted by atomic mass is 9.96. The number of hydrogen-bond donors (Lipinski definition) is 2. The Kier molecular flexibility index (Phi) is 6.77. The summed E-state index contributed by atoms with van der Waals surface area (Å²) in [7, 11) is 0. The number of carbonyl (C=O) groups is 2. The third-order valence-corrected chi connectivity index (χ3v) is 6.65. The fourth-order valence-corrected chi connectivity index (χ4v) is 4.67. The van der Waals surface area contributed by atoms with Gasteiger partial charge in [-0.25, -0.2) is 8.78 Å². The van der Waals surface area contributed by atoms with Crippen LogP contribution in [-0.2, 0) is 22.6 Å². The number of halogens is 2. The largest absolute Gasteiger partial charge is 0.423 e. The van der Waals surface area contributed by atoms with Crippen molar-refractivity contribution >= 4 is 11.8 Å². The molecule has 1 aliphatic heterocycles. The third-order valence-electron chi connectivity index (χ3n) is 6.65. The Hall–Kier alpha value is -3.66. The van der Waals surface area contributed by atoms with Gasteiger partial charge in [0, 0.05) is 6.42 Å². The fourth-order valence-electron chi connectivity index (χ4n) is 4.67. The summed E-state index contributed by atoms with van der Waals surface area (Å²) in [6.45, 7) is -0.179. The van der Waals surface area contributed by atoms with Crippen LogP contribution in [0.15, 0.2) is 52.9 Å². The van der Waals surface area contributed by atoms with Gasteiger partial charge in [0.1, 0.15) is 24.5 Å². The molecule has 0 radical (unpaired) electrons. The van der Waals surface area contributed by atoms with Crippen molar-refractivity contribution in [2.75, 3.05) is 6.54 Å². The maximum atomic E-state index is 14.9. The first-order valence-electron chi connectivity index (χ1n) is 12.0. The van der Waals surface area contributed by atoms with Crippen LogP contribution in [0.25, 0.3) is 0 Å². The minimum Gasteiger partial charge on any atom is -0.423 e. The summed E-state index contributed by atoms with van der Waals surface area (Å²) in [5, 5.41) is 10.4. The normalized spacial score (nSPS) is 20.4.